The number of para-hydroxylation sites is 1. The van der Waals surface area contributed by atoms with E-state index >= 15 is 0 Å². The van der Waals surface area contributed by atoms with Gasteiger partial charge in [0.2, 0.25) is 0 Å². The molecule has 0 amide bonds. The van der Waals surface area contributed by atoms with Crippen LogP contribution in [0.1, 0.15) is 11.1 Å². The van der Waals surface area contributed by atoms with Crippen LogP contribution in [0.4, 0.5) is 5.69 Å². The van der Waals surface area contributed by atoms with Gasteiger partial charge in [0.25, 0.3) is 0 Å². The van der Waals surface area contributed by atoms with Gasteiger partial charge >= 0.3 is 11.8 Å². The van der Waals surface area contributed by atoms with Crippen LogP contribution in [0, 0.1) is 13.0 Å². The molecule has 0 saturated heterocycles. The summed E-state index contributed by atoms with van der Waals surface area (Å²) in [6.45, 7) is 2.07. The fourth-order valence-corrected chi connectivity index (χ4v) is 1.26. The van der Waals surface area contributed by atoms with Crippen molar-refractivity contribution in [2.24, 2.45) is 0 Å². The van der Waals surface area contributed by atoms with Gasteiger partial charge < -0.3 is 0 Å². The fourth-order valence-electron chi connectivity index (χ4n) is 1.26. The van der Waals surface area contributed by atoms with Crippen LogP contribution in [-0.2, 0) is 0 Å². The van der Waals surface area contributed by atoms with Crippen molar-refractivity contribution >= 4 is 5.69 Å². The molecule has 0 spiro atoms. The summed E-state index contributed by atoms with van der Waals surface area (Å²) in [5, 5.41) is 0. The van der Waals surface area contributed by atoms with E-state index < -0.39 is 0 Å². The van der Waals surface area contributed by atoms with Crippen LogP contribution in [-0.4, -0.2) is 0 Å². The smallest absolute Gasteiger partial charge is 0.0617 e. The molecule has 0 aliphatic carbocycles. The van der Waals surface area contributed by atoms with Crippen molar-refractivity contribution in [3.05, 3.63) is 70.6 Å². The van der Waals surface area contributed by atoms with Gasteiger partial charge in [-0.3, -0.25) is 0 Å². The number of hydrogen-bond donors (Lipinski definition) is 0. The highest BCUT2D eigenvalue weighted by molar-refractivity contribution is 5.48. The lowest BCUT2D eigenvalue weighted by molar-refractivity contribution is 1.46. The highest BCUT2D eigenvalue weighted by atomic mass is 14.6. The molecule has 0 saturated carbocycles. The van der Waals surface area contributed by atoms with Gasteiger partial charge in [0.15, 0.2) is 0 Å². The Bertz CT molecular complexity index is 486. The first kappa shape index (κ1) is 9.48. The minimum absolute atomic E-state index is 0.929. The molecule has 1 heteroatoms. The third-order valence-electron chi connectivity index (χ3n) is 2.12. The molecule has 0 heterocycles. The van der Waals surface area contributed by atoms with E-state index in [0.29, 0.717) is 0 Å². The van der Waals surface area contributed by atoms with Crippen molar-refractivity contribution in [3.8, 4) is 6.07 Å². The molecular weight excluding hydrogens is 182 g/mol. The van der Waals surface area contributed by atoms with Crippen LogP contribution >= 0.6 is 0 Å². The third kappa shape index (κ3) is 2.69. The molecule has 0 aliphatic heterocycles. The summed E-state index contributed by atoms with van der Waals surface area (Å²) in [5.74, 6) is 0. The summed E-state index contributed by atoms with van der Waals surface area (Å²) in [4.78, 5) is 4.26. The van der Waals surface area contributed by atoms with Crippen LogP contribution in [0.3, 0.4) is 0 Å². The van der Waals surface area contributed by atoms with Crippen LogP contribution in [0.2, 0.25) is 0 Å². The second kappa shape index (κ2) is 4.43. The molecule has 2 aromatic carbocycles. The van der Waals surface area contributed by atoms with E-state index in [-0.39, 0.29) is 0 Å². The Morgan fingerprint density at radius 1 is 0.867 bits per heavy atom. The normalized spacial score (nSPS) is 9.13. The zero-order valence-corrected chi connectivity index (χ0v) is 8.64. The minimum Gasteiger partial charge on any atom is -0.0617 e. The molecule has 0 unspecified atom stereocenters. The number of rotatable bonds is 0. The lowest BCUT2D eigenvalue weighted by atomic mass is 10.2. The zero-order valence-electron chi connectivity index (χ0n) is 8.64. The molecule has 15 heavy (non-hydrogen) atoms. The van der Waals surface area contributed by atoms with E-state index in [1.54, 1.807) is 0 Å². The quantitative estimate of drug-likeness (QED) is 0.597. The highest BCUT2D eigenvalue weighted by Gasteiger charge is 1.98. The minimum atomic E-state index is 0.929. The summed E-state index contributed by atoms with van der Waals surface area (Å²) in [5.41, 5.74) is 3.18. The molecule has 1 nitrogen and oxygen atoms in total. The fraction of sp³-hybridized carbons (Fsp3) is 0.0714. The first-order valence-electron chi connectivity index (χ1n) is 4.93. The summed E-state index contributed by atoms with van der Waals surface area (Å²) in [6, 6.07) is 21.0. The summed E-state index contributed by atoms with van der Waals surface area (Å²) in [7, 11) is 0. The third-order valence-corrected chi connectivity index (χ3v) is 2.12. The first-order chi connectivity index (χ1) is 7.34. The average Bonchev–Trinajstić information content (AvgIpc) is 2.30. The van der Waals surface area contributed by atoms with Gasteiger partial charge in [-0.05, 0) is 23.9 Å². The van der Waals surface area contributed by atoms with Gasteiger partial charge in [0.1, 0.15) is 5.56 Å². The lowest BCUT2D eigenvalue weighted by Gasteiger charge is -1.86. The monoisotopic (exact) mass is 194 g/mol. The molecule has 0 bridgehead atoms. The lowest BCUT2D eigenvalue weighted by Crippen LogP contribution is -1.73. The van der Waals surface area contributed by atoms with Gasteiger partial charge in [0.05, 0.1) is 0 Å². The van der Waals surface area contributed by atoms with Crippen LogP contribution in [0.5, 0.6) is 0 Å². The second-order valence-corrected chi connectivity index (χ2v) is 3.43. The maximum absolute atomic E-state index is 4.26. The predicted molar refractivity (Wildman–Crippen MR) is 63.6 cm³/mol. The molecular formula is C14H12N+. The van der Waals surface area contributed by atoms with E-state index in [4.69, 9.17) is 0 Å². The van der Waals surface area contributed by atoms with Crippen LogP contribution in [0.25, 0.3) is 4.85 Å². The SMILES string of the molecule is Cc1ccc(C#[N+]c2ccccc2)cc1. The highest BCUT2D eigenvalue weighted by Crippen LogP contribution is 2.10. The summed E-state index contributed by atoms with van der Waals surface area (Å²) < 4.78 is 0. The number of hydrogen-bond acceptors (Lipinski definition) is 0. The number of aryl methyl sites for hydroxylation is 1. The average molecular weight is 194 g/mol. The van der Waals surface area contributed by atoms with Crippen molar-refractivity contribution in [1.82, 2.24) is 0 Å². The Morgan fingerprint density at radius 2 is 1.53 bits per heavy atom. The van der Waals surface area contributed by atoms with E-state index in [9.17, 15) is 0 Å². The van der Waals surface area contributed by atoms with Crippen molar-refractivity contribution < 1.29 is 0 Å². The molecule has 0 radical (unpaired) electrons. The first-order valence-corrected chi connectivity index (χ1v) is 4.93. The zero-order chi connectivity index (χ0) is 10.5. The molecule has 0 aliphatic rings. The van der Waals surface area contributed by atoms with Gasteiger partial charge in [-0.15, -0.1) is 0 Å². The largest absolute Gasteiger partial charge is 0.340 e. The maximum Gasteiger partial charge on any atom is 0.340 e. The Labute approximate surface area is 89.8 Å². The van der Waals surface area contributed by atoms with Gasteiger partial charge in [0, 0.05) is 12.1 Å². The van der Waals surface area contributed by atoms with Gasteiger partial charge in [-0.2, -0.15) is 0 Å². The predicted octanol–water partition coefficient (Wildman–Crippen LogP) is 4.01. The summed E-state index contributed by atoms with van der Waals surface area (Å²) >= 11 is 0. The molecule has 72 valence electrons. The van der Waals surface area contributed by atoms with E-state index in [1.807, 2.05) is 42.5 Å². The van der Waals surface area contributed by atoms with Gasteiger partial charge in [-0.1, -0.05) is 35.9 Å². The van der Waals surface area contributed by atoms with E-state index in [0.717, 1.165) is 11.3 Å². The number of nitrogens with zero attached hydrogens (tertiary/aromatic N) is 1. The Balaban J connectivity index is 2.22. The summed E-state index contributed by atoms with van der Waals surface area (Å²) in [6.07, 6.45) is 0. The molecule has 0 atom stereocenters. The van der Waals surface area contributed by atoms with Crippen molar-refractivity contribution in [2.75, 3.05) is 0 Å². The maximum atomic E-state index is 4.26. The second-order valence-electron chi connectivity index (χ2n) is 3.43. The van der Waals surface area contributed by atoms with Crippen molar-refractivity contribution in [2.45, 2.75) is 6.92 Å². The van der Waals surface area contributed by atoms with Crippen LogP contribution in [0.15, 0.2) is 54.6 Å². The molecule has 0 N–H and O–H groups in total. The molecule has 0 aromatic heterocycles. The van der Waals surface area contributed by atoms with Gasteiger partial charge in [-0.25, -0.2) is 0 Å². The van der Waals surface area contributed by atoms with Crippen molar-refractivity contribution in [3.63, 3.8) is 0 Å². The standard InChI is InChI=1S/C14H12N/c1-12-7-9-13(10-8-12)11-15-14-5-3-2-4-6-14/h2-10H,1H3/q+1. The molecule has 0 fully saturated rings. The van der Waals surface area contributed by atoms with Crippen LogP contribution < -0.4 is 0 Å². The Kier molecular flexibility index (Phi) is 2.80. The molecule has 2 rings (SSSR count). The van der Waals surface area contributed by atoms with E-state index in [2.05, 4.69) is 30.0 Å². The molecule has 2 aromatic rings. The van der Waals surface area contributed by atoms with Crippen molar-refractivity contribution in [1.29, 1.82) is 0 Å². The Morgan fingerprint density at radius 3 is 2.20 bits per heavy atom. The Hall–Kier alpha value is -2.07. The topological polar surface area (TPSA) is 4.36 Å². The van der Waals surface area contributed by atoms with E-state index in [1.165, 1.54) is 5.56 Å². The number of benzene rings is 2.